The quantitative estimate of drug-likeness (QED) is 0.518. The summed E-state index contributed by atoms with van der Waals surface area (Å²) in [5.41, 5.74) is 5.55. The lowest BCUT2D eigenvalue weighted by Gasteiger charge is -2.11. The number of methoxy groups -OCH3 is 1. The van der Waals surface area contributed by atoms with Crippen molar-refractivity contribution in [2.24, 2.45) is 5.10 Å². The third kappa shape index (κ3) is 5.59. The van der Waals surface area contributed by atoms with Crippen molar-refractivity contribution < 1.29 is 14.3 Å². The number of hydrogen-bond donors (Lipinski definition) is 1. The number of nitrogens with zero attached hydrogens (tertiary/aromatic N) is 1. The second kappa shape index (κ2) is 9.97. The van der Waals surface area contributed by atoms with E-state index in [-0.39, 0.29) is 12.3 Å². The van der Waals surface area contributed by atoms with Gasteiger partial charge in [-0.15, -0.1) is 0 Å². The van der Waals surface area contributed by atoms with Crippen molar-refractivity contribution in [3.05, 3.63) is 57.6 Å². The van der Waals surface area contributed by atoms with Crippen molar-refractivity contribution in [2.75, 3.05) is 13.7 Å². The predicted molar refractivity (Wildman–Crippen MR) is 107 cm³/mol. The van der Waals surface area contributed by atoms with Gasteiger partial charge in [-0.05, 0) is 58.1 Å². The van der Waals surface area contributed by atoms with E-state index in [0.29, 0.717) is 18.1 Å². The van der Waals surface area contributed by atoms with Gasteiger partial charge < -0.3 is 9.47 Å². The molecule has 0 aromatic heterocycles. The standard InChI is InChI=1S/C20H23BrN2O3/c1-4-14-6-8-15(9-7-14)12-19(24)23-22-13-16-10-17(21)20(25-3)18(11-16)26-5-2/h6-11,13H,4-5,12H2,1-3H3,(H,23,24)/b22-13+. The average Bonchev–Trinajstić information content (AvgIpc) is 2.62. The molecule has 0 unspecified atom stereocenters. The summed E-state index contributed by atoms with van der Waals surface area (Å²) in [7, 11) is 1.59. The summed E-state index contributed by atoms with van der Waals surface area (Å²) in [5.74, 6) is 1.08. The van der Waals surface area contributed by atoms with Gasteiger partial charge in [0.05, 0.1) is 30.8 Å². The topological polar surface area (TPSA) is 59.9 Å². The SMILES string of the molecule is CCOc1cc(/C=N/NC(=O)Cc2ccc(CC)cc2)cc(Br)c1OC. The molecule has 0 radical (unpaired) electrons. The molecule has 0 heterocycles. The van der Waals surface area contributed by atoms with Gasteiger partial charge in [-0.3, -0.25) is 4.79 Å². The van der Waals surface area contributed by atoms with Gasteiger partial charge in [-0.25, -0.2) is 5.43 Å². The molecule has 2 rings (SSSR count). The Kier molecular flexibility index (Phi) is 7.66. The van der Waals surface area contributed by atoms with Gasteiger partial charge in [0, 0.05) is 0 Å². The molecule has 1 N–H and O–H groups in total. The van der Waals surface area contributed by atoms with E-state index in [2.05, 4.69) is 33.4 Å². The third-order valence-electron chi connectivity index (χ3n) is 3.73. The van der Waals surface area contributed by atoms with Crippen LogP contribution in [0, 0.1) is 0 Å². The zero-order chi connectivity index (χ0) is 18.9. The van der Waals surface area contributed by atoms with Gasteiger partial charge in [0.25, 0.3) is 0 Å². The molecule has 0 aliphatic carbocycles. The number of ether oxygens (including phenoxy) is 2. The molecule has 0 aliphatic rings. The van der Waals surface area contributed by atoms with Crippen molar-refractivity contribution in [3.8, 4) is 11.5 Å². The zero-order valence-corrected chi connectivity index (χ0v) is 16.8. The molecule has 0 saturated carbocycles. The van der Waals surface area contributed by atoms with Crippen molar-refractivity contribution in [1.82, 2.24) is 5.43 Å². The number of carbonyl (C=O) groups is 1. The van der Waals surface area contributed by atoms with Crippen molar-refractivity contribution in [2.45, 2.75) is 26.7 Å². The predicted octanol–water partition coefficient (Wildman–Crippen LogP) is 4.11. The van der Waals surface area contributed by atoms with Crippen LogP contribution in [0.1, 0.15) is 30.5 Å². The van der Waals surface area contributed by atoms with Crippen LogP contribution < -0.4 is 14.9 Å². The number of nitrogens with one attached hydrogen (secondary N) is 1. The second-order valence-electron chi connectivity index (χ2n) is 5.61. The molecule has 138 valence electrons. The fraction of sp³-hybridized carbons (Fsp3) is 0.300. The molecule has 6 heteroatoms. The van der Waals surface area contributed by atoms with Crippen LogP contribution in [0.25, 0.3) is 0 Å². The molecule has 2 aromatic rings. The summed E-state index contributed by atoms with van der Waals surface area (Å²) in [4.78, 5) is 12.0. The monoisotopic (exact) mass is 418 g/mol. The highest BCUT2D eigenvalue weighted by Crippen LogP contribution is 2.36. The maximum Gasteiger partial charge on any atom is 0.244 e. The van der Waals surface area contributed by atoms with Gasteiger partial charge >= 0.3 is 0 Å². The Labute approximate surface area is 162 Å². The molecule has 0 atom stereocenters. The largest absolute Gasteiger partial charge is 0.492 e. The lowest BCUT2D eigenvalue weighted by atomic mass is 10.1. The van der Waals surface area contributed by atoms with Gasteiger partial charge in [0.2, 0.25) is 5.91 Å². The number of hydrogen-bond acceptors (Lipinski definition) is 4. The van der Waals surface area contributed by atoms with Crippen molar-refractivity contribution in [3.63, 3.8) is 0 Å². The molecule has 0 aliphatic heterocycles. The first kappa shape index (κ1) is 20.0. The normalized spacial score (nSPS) is 10.8. The lowest BCUT2D eigenvalue weighted by Crippen LogP contribution is -2.19. The Morgan fingerprint density at radius 1 is 1.19 bits per heavy atom. The van der Waals surface area contributed by atoms with Crippen LogP contribution in [0.3, 0.4) is 0 Å². The Balaban J connectivity index is 1.99. The lowest BCUT2D eigenvalue weighted by molar-refractivity contribution is -0.120. The summed E-state index contributed by atoms with van der Waals surface area (Å²) in [6.07, 6.45) is 2.85. The summed E-state index contributed by atoms with van der Waals surface area (Å²) in [6.45, 7) is 4.53. The van der Waals surface area contributed by atoms with Gasteiger partial charge in [0.1, 0.15) is 0 Å². The first-order chi connectivity index (χ1) is 12.6. The minimum absolute atomic E-state index is 0.164. The smallest absolute Gasteiger partial charge is 0.244 e. The molecule has 0 fully saturated rings. The highest BCUT2D eigenvalue weighted by molar-refractivity contribution is 9.10. The van der Waals surface area contributed by atoms with Crippen molar-refractivity contribution in [1.29, 1.82) is 0 Å². The molecular formula is C20H23BrN2O3. The molecule has 0 saturated heterocycles. The molecule has 0 bridgehead atoms. The van der Waals surface area contributed by atoms with E-state index < -0.39 is 0 Å². The summed E-state index contributed by atoms with van der Waals surface area (Å²) in [6, 6.07) is 11.7. The van der Waals surface area contributed by atoms with Crippen LogP contribution in [0.15, 0.2) is 46.0 Å². The summed E-state index contributed by atoms with van der Waals surface area (Å²) >= 11 is 3.45. The highest BCUT2D eigenvalue weighted by atomic mass is 79.9. The van der Waals surface area contributed by atoms with Crippen LogP contribution in [0.5, 0.6) is 11.5 Å². The van der Waals surface area contributed by atoms with Crippen LogP contribution in [-0.4, -0.2) is 25.8 Å². The Hall–Kier alpha value is -2.34. The number of hydrazone groups is 1. The van der Waals surface area contributed by atoms with E-state index in [4.69, 9.17) is 9.47 Å². The Bertz CT molecular complexity index is 773. The van der Waals surface area contributed by atoms with Crippen LogP contribution in [0.4, 0.5) is 0 Å². The van der Waals surface area contributed by atoms with Gasteiger partial charge in [-0.2, -0.15) is 5.10 Å². The number of amides is 1. The number of rotatable bonds is 8. The number of aryl methyl sites for hydroxylation is 1. The highest BCUT2D eigenvalue weighted by Gasteiger charge is 2.10. The molecule has 26 heavy (non-hydrogen) atoms. The number of halogens is 1. The van der Waals surface area contributed by atoms with E-state index in [0.717, 1.165) is 22.0 Å². The van der Waals surface area contributed by atoms with Crippen LogP contribution in [0.2, 0.25) is 0 Å². The molecule has 2 aromatic carbocycles. The maximum absolute atomic E-state index is 12.0. The average molecular weight is 419 g/mol. The van der Waals surface area contributed by atoms with Gasteiger partial charge in [0.15, 0.2) is 11.5 Å². The second-order valence-corrected chi connectivity index (χ2v) is 6.46. The first-order valence-corrected chi connectivity index (χ1v) is 9.26. The van der Waals surface area contributed by atoms with E-state index in [1.54, 1.807) is 13.3 Å². The fourth-order valence-electron chi connectivity index (χ4n) is 2.42. The zero-order valence-electron chi connectivity index (χ0n) is 15.2. The van der Waals surface area contributed by atoms with E-state index in [9.17, 15) is 4.79 Å². The number of benzene rings is 2. The minimum atomic E-state index is -0.164. The summed E-state index contributed by atoms with van der Waals surface area (Å²) in [5, 5.41) is 4.03. The first-order valence-electron chi connectivity index (χ1n) is 8.47. The Morgan fingerprint density at radius 3 is 2.50 bits per heavy atom. The molecule has 0 spiro atoms. The number of carbonyl (C=O) groups excluding carboxylic acids is 1. The van der Waals surface area contributed by atoms with E-state index in [1.807, 2.05) is 43.3 Å². The van der Waals surface area contributed by atoms with E-state index >= 15 is 0 Å². The molecular weight excluding hydrogens is 396 g/mol. The molecule has 1 amide bonds. The fourth-order valence-corrected chi connectivity index (χ4v) is 3.04. The maximum atomic E-state index is 12.0. The van der Waals surface area contributed by atoms with Crippen LogP contribution in [-0.2, 0) is 17.6 Å². The van der Waals surface area contributed by atoms with Gasteiger partial charge in [-0.1, -0.05) is 31.2 Å². The molecule has 5 nitrogen and oxygen atoms in total. The minimum Gasteiger partial charge on any atom is -0.492 e. The van der Waals surface area contributed by atoms with Crippen LogP contribution >= 0.6 is 15.9 Å². The Morgan fingerprint density at radius 2 is 1.88 bits per heavy atom. The van der Waals surface area contributed by atoms with Crippen molar-refractivity contribution >= 4 is 28.1 Å². The third-order valence-corrected chi connectivity index (χ3v) is 4.32. The summed E-state index contributed by atoms with van der Waals surface area (Å²) < 4.78 is 11.7. The van der Waals surface area contributed by atoms with E-state index in [1.165, 1.54) is 5.56 Å².